The van der Waals surface area contributed by atoms with Crippen molar-refractivity contribution in [2.75, 3.05) is 23.5 Å². The van der Waals surface area contributed by atoms with E-state index in [1.54, 1.807) is 12.1 Å². The summed E-state index contributed by atoms with van der Waals surface area (Å²) >= 11 is 0. The molecule has 1 aromatic rings. The minimum Gasteiger partial charge on any atom is -0.372 e. The Hall–Kier alpha value is -2.28. The first-order valence-electron chi connectivity index (χ1n) is 8.91. The summed E-state index contributed by atoms with van der Waals surface area (Å²) in [6, 6.07) is 3.41. The highest BCUT2D eigenvalue weighted by molar-refractivity contribution is 6.14. The van der Waals surface area contributed by atoms with Crippen LogP contribution in [0.4, 0.5) is 11.5 Å². The predicted molar refractivity (Wildman–Crippen MR) is 95.5 cm³/mol. The van der Waals surface area contributed by atoms with E-state index < -0.39 is 0 Å². The van der Waals surface area contributed by atoms with Crippen molar-refractivity contribution in [3.8, 4) is 0 Å². The number of nitrogens with one attached hydrogen (secondary N) is 1. The van der Waals surface area contributed by atoms with Crippen molar-refractivity contribution in [2.45, 2.75) is 45.4 Å². The molecule has 0 unspecified atom stereocenters. The van der Waals surface area contributed by atoms with Gasteiger partial charge in [-0.05, 0) is 37.3 Å². The van der Waals surface area contributed by atoms with E-state index in [2.05, 4.69) is 22.3 Å². The summed E-state index contributed by atoms with van der Waals surface area (Å²) in [5.41, 5.74) is 1.54. The standard InChI is InChI=1S/C18H24N4O3/c1-2-3-4-9-25-12-17(23)20-14-7-8-16(19-11-14)22-18(24)10-15(21-22)13-5-6-13/h7-8,11,13H,2-6,9-10,12H2,1H3,(H,20,23). The maximum Gasteiger partial charge on any atom is 0.254 e. The zero-order valence-corrected chi connectivity index (χ0v) is 14.5. The summed E-state index contributed by atoms with van der Waals surface area (Å²) in [5.74, 6) is 0.698. The number of aromatic nitrogens is 1. The molecule has 7 heteroatoms. The van der Waals surface area contributed by atoms with Gasteiger partial charge in [0.15, 0.2) is 5.82 Å². The Morgan fingerprint density at radius 1 is 1.36 bits per heavy atom. The number of hydrogen-bond donors (Lipinski definition) is 1. The highest BCUT2D eigenvalue weighted by Crippen LogP contribution is 2.35. The largest absolute Gasteiger partial charge is 0.372 e. The third-order valence-electron chi connectivity index (χ3n) is 4.22. The molecule has 0 bridgehead atoms. The first kappa shape index (κ1) is 17.5. The second kappa shape index (κ2) is 8.20. The van der Waals surface area contributed by atoms with Gasteiger partial charge in [0, 0.05) is 6.61 Å². The quantitative estimate of drug-likeness (QED) is 0.698. The molecule has 0 aromatic carbocycles. The minimum absolute atomic E-state index is 0.0329. The summed E-state index contributed by atoms with van der Waals surface area (Å²) in [7, 11) is 0. The monoisotopic (exact) mass is 344 g/mol. The van der Waals surface area contributed by atoms with Crippen LogP contribution in [0.2, 0.25) is 0 Å². The molecule has 1 N–H and O–H groups in total. The van der Waals surface area contributed by atoms with Gasteiger partial charge in [0.2, 0.25) is 5.91 Å². The molecule has 7 nitrogen and oxygen atoms in total. The molecule has 2 heterocycles. The van der Waals surface area contributed by atoms with E-state index >= 15 is 0 Å². The molecule has 0 radical (unpaired) electrons. The van der Waals surface area contributed by atoms with Crippen LogP contribution in [-0.4, -0.2) is 35.7 Å². The van der Waals surface area contributed by atoms with Crippen molar-refractivity contribution in [1.29, 1.82) is 0 Å². The normalized spacial score (nSPS) is 16.9. The van der Waals surface area contributed by atoms with Crippen LogP contribution in [0, 0.1) is 5.92 Å². The summed E-state index contributed by atoms with van der Waals surface area (Å²) in [4.78, 5) is 28.1. The van der Waals surface area contributed by atoms with Crippen LogP contribution in [0.15, 0.2) is 23.4 Å². The van der Waals surface area contributed by atoms with Crippen molar-refractivity contribution in [3.05, 3.63) is 18.3 Å². The predicted octanol–water partition coefficient (Wildman–Crippen LogP) is 2.73. The number of unbranched alkanes of at least 4 members (excludes halogenated alkanes) is 2. The molecule has 2 amide bonds. The van der Waals surface area contributed by atoms with E-state index in [0.717, 1.165) is 37.8 Å². The Morgan fingerprint density at radius 3 is 2.88 bits per heavy atom. The number of anilines is 2. The van der Waals surface area contributed by atoms with Crippen LogP contribution in [-0.2, 0) is 14.3 Å². The third kappa shape index (κ3) is 4.85. The molecule has 1 aliphatic carbocycles. The fraction of sp³-hybridized carbons (Fsp3) is 0.556. The van der Waals surface area contributed by atoms with Crippen LogP contribution in [0.3, 0.4) is 0 Å². The van der Waals surface area contributed by atoms with Gasteiger partial charge in [0.05, 0.1) is 24.0 Å². The molecular weight excluding hydrogens is 320 g/mol. The van der Waals surface area contributed by atoms with Crippen LogP contribution >= 0.6 is 0 Å². The molecule has 0 atom stereocenters. The number of nitrogens with zero attached hydrogens (tertiary/aromatic N) is 3. The SMILES string of the molecule is CCCCCOCC(=O)Nc1ccc(N2N=C(C3CC3)CC2=O)nc1. The van der Waals surface area contributed by atoms with E-state index in [0.29, 0.717) is 30.5 Å². The van der Waals surface area contributed by atoms with Crippen molar-refractivity contribution >= 4 is 29.0 Å². The lowest BCUT2D eigenvalue weighted by atomic mass is 10.2. The molecule has 1 saturated carbocycles. The molecule has 25 heavy (non-hydrogen) atoms. The maximum absolute atomic E-state index is 12.1. The van der Waals surface area contributed by atoms with Crippen molar-refractivity contribution in [2.24, 2.45) is 11.0 Å². The van der Waals surface area contributed by atoms with Gasteiger partial charge < -0.3 is 10.1 Å². The Morgan fingerprint density at radius 2 is 2.20 bits per heavy atom. The topological polar surface area (TPSA) is 83.9 Å². The van der Waals surface area contributed by atoms with Gasteiger partial charge in [0.1, 0.15) is 6.61 Å². The molecule has 1 aliphatic heterocycles. The number of hydrazone groups is 1. The fourth-order valence-electron chi connectivity index (χ4n) is 2.67. The number of rotatable bonds is 9. The maximum atomic E-state index is 12.1. The Labute approximate surface area is 147 Å². The highest BCUT2D eigenvalue weighted by atomic mass is 16.5. The van der Waals surface area contributed by atoms with Crippen LogP contribution in [0.5, 0.6) is 0 Å². The molecule has 0 spiro atoms. The Balaban J connectivity index is 1.49. The average Bonchev–Trinajstić information content (AvgIpc) is 3.38. The molecule has 0 saturated heterocycles. The smallest absolute Gasteiger partial charge is 0.254 e. The van der Waals surface area contributed by atoms with Gasteiger partial charge in [-0.3, -0.25) is 9.59 Å². The second-order valence-electron chi connectivity index (χ2n) is 6.46. The van der Waals surface area contributed by atoms with Crippen LogP contribution < -0.4 is 10.3 Å². The molecule has 3 rings (SSSR count). The van der Waals surface area contributed by atoms with Gasteiger partial charge in [-0.15, -0.1) is 0 Å². The van der Waals surface area contributed by atoms with E-state index in [1.165, 1.54) is 11.2 Å². The zero-order chi connectivity index (χ0) is 17.6. The molecule has 134 valence electrons. The second-order valence-corrected chi connectivity index (χ2v) is 6.46. The summed E-state index contributed by atoms with van der Waals surface area (Å²) in [5, 5.41) is 8.48. The molecular formula is C18H24N4O3. The molecule has 2 aliphatic rings. The number of hydrogen-bond acceptors (Lipinski definition) is 5. The van der Waals surface area contributed by atoms with Crippen molar-refractivity contribution in [1.82, 2.24) is 4.98 Å². The molecule has 1 aromatic heterocycles. The lowest BCUT2D eigenvalue weighted by Gasteiger charge is -2.11. The van der Waals surface area contributed by atoms with E-state index in [4.69, 9.17) is 4.74 Å². The summed E-state index contributed by atoms with van der Waals surface area (Å²) in [6.07, 6.45) is 7.36. The zero-order valence-electron chi connectivity index (χ0n) is 14.5. The lowest BCUT2D eigenvalue weighted by molar-refractivity contribution is -0.120. The first-order valence-corrected chi connectivity index (χ1v) is 8.91. The van der Waals surface area contributed by atoms with Gasteiger partial charge in [-0.25, -0.2) is 4.98 Å². The van der Waals surface area contributed by atoms with Crippen LogP contribution in [0.1, 0.15) is 45.4 Å². The van der Waals surface area contributed by atoms with Gasteiger partial charge in [-0.1, -0.05) is 19.8 Å². The van der Waals surface area contributed by atoms with E-state index in [9.17, 15) is 9.59 Å². The Kier molecular flexibility index (Phi) is 5.75. The number of carbonyl (C=O) groups is 2. The number of amides is 2. The van der Waals surface area contributed by atoms with E-state index in [-0.39, 0.29) is 18.4 Å². The number of pyridine rings is 1. The van der Waals surface area contributed by atoms with Crippen molar-refractivity contribution in [3.63, 3.8) is 0 Å². The number of ether oxygens (including phenoxy) is 1. The number of carbonyl (C=O) groups excluding carboxylic acids is 2. The lowest BCUT2D eigenvalue weighted by Crippen LogP contribution is -2.21. The summed E-state index contributed by atoms with van der Waals surface area (Å²) < 4.78 is 5.33. The minimum atomic E-state index is -0.211. The van der Waals surface area contributed by atoms with Gasteiger partial charge in [-0.2, -0.15) is 10.1 Å². The third-order valence-corrected chi connectivity index (χ3v) is 4.22. The van der Waals surface area contributed by atoms with Gasteiger partial charge >= 0.3 is 0 Å². The Bertz CT molecular complexity index is 653. The van der Waals surface area contributed by atoms with Crippen molar-refractivity contribution < 1.29 is 14.3 Å². The molecule has 1 fully saturated rings. The summed E-state index contributed by atoms with van der Waals surface area (Å²) in [6.45, 7) is 2.75. The van der Waals surface area contributed by atoms with Crippen LogP contribution in [0.25, 0.3) is 0 Å². The first-order chi connectivity index (χ1) is 12.2. The highest BCUT2D eigenvalue weighted by Gasteiger charge is 2.35. The fourth-order valence-corrected chi connectivity index (χ4v) is 2.67. The van der Waals surface area contributed by atoms with E-state index in [1.807, 2.05) is 0 Å². The van der Waals surface area contributed by atoms with Gasteiger partial charge in [0.25, 0.3) is 5.91 Å². The average molecular weight is 344 g/mol.